The standard InChI is InChI=1S/C18H18F3N3OS/c19-18(20,21)26-17-14(7-5-9-22-17)16(25)23-12-13-6-1-2-8-15(13)24-10-3-4-11-24/h1-2,5-9H,3-4,10-12H2,(H,23,25). The first-order valence-corrected chi connectivity index (χ1v) is 9.07. The van der Waals surface area contributed by atoms with E-state index in [1.54, 1.807) is 0 Å². The van der Waals surface area contributed by atoms with Crippen molar-refractivity contribution in [3.05, 3.63) is 53.7 Å². The van der Waals surface area contributed by atoms with Crippen LogP contribution in [0.15, 0.2) is 47.6 Å². The van der Waals surface area contributed by atoms with Gasteiger partial charge in [-0.05, 0) is 36.6 Å². The third kappa shape index (κ3) is 4.69. The van der Waals surface area contributed by atoms with Crippen molar-refractivity contribution < 1.29 is 18.0 Å². The number of carbonyl (C=O) groups excluding carboxylic acids is 1. The summed E-state index contributed by atoms with van der Waals surface area (Å²) in [6, 6.07) is 10.6. The second-order valence-corrected chi connectivity index (χ2v) is 6.96. The minimum Gasteiger partial charge on any atom is -0.371 e. The van der Waals surface area contributed by atoms with Crippen molar-refractivity contribution in [2.45, 2.75) is 29.9 Å². The van der Waals surface area contributed by atoms with E-state index in [0.717, 1.165) is 37.2 Å². The van der Waals surface area contributed by atoms with E-state index in [0.29, 0.717) is 0 Å². The molecule has 26 heavy (non-hydrogen) atoms. The molecule has 1 aliphatic rings. The van der Waals surface area contributed by atoms with Crippen molar-refractivity contribution in [3.63, 3.8) is 0 Å². The van der Waals surface area contributed by atoms with Crippen LogP contribution in [0.1, 0.15) is 28.8 Å². The van der Waals surface area contributed by atoms with Crippen molar-refractivity contribution in [2.75, 3.05) is 18.0 Å². The maximum absolute atomic E-state index is 12.6. The zero-order valence-corrected chi connectivity index (χ0v) is 14.7. The monoisotopic (exact) mass is 381 g/mol. The molecule has 4 nitrogen and oxygen atoms in total. The Morgan fingerprint density at radius 1 is 1.15 bits per heavy atom. The van der Waals surface area contributed by atoms with Gasteiger partial charge in [-0.25, -0.2) is 4.98 Å². The van der Waals surface area contributed by atoms with E-state index in [1.807, 2.05) is 24.3 Å². The highest BCUT2D eigenvalue weighted by Crippen LogP contribution is 2.37. The summed E-state index contributed by atoms with van der Waals surface area (Å²) < 4.78 is 37.9. The molecule has 1 aromatic carbocycles. The molecule has 8 heteroatoms. The molecule has 2 heterocycles. The van der Waals surface area contributed by atoms with Crippen molar-refractivity contribution in [2.24, 2.45) is 0 Å². The Balaban J connectivity index is 1.72. The van der Waals surface area contributed by atoms with Gasteiger partial charge in [0.2, 0.25) is 0 Å². The molecule has 0 spiro atoms. The fraction of sp³-hybridized carbons (Fsp3) is 0.333. The number of amides is 1. The normalized spacial score (nSPS) is 14.5. The van der Waals surface area contributed by atoms with Gasteiger partial charge in [0.25, 0.3) is 5.91 Å². The summed E-state index contributed by atoms with van der Waals surface area (Å²) in [6.07, 6.45) is 3.51. The van der Waals surface area contributed by atoms with Gasteiger partial charge in [0.1, 0.15) is 5.03 Å². The van der Waals surface area contributed by atoms with E-state index in [9.17, 15) is 18.0 Å². The van der Waals surface area contributed by atoms with E-state index in [4.69, 9.17) is 0 Å². The highest BCUT2D eigenvalue weighted by Gasteiger charge is 2.32. The second-order valence-electron chi connectivity index (χ2n) is 5.91. The maximum Gasteiger partial charge on any atom is 0.447 e. The predicted octanol–water partition coefficient (Wildman–Crippen LogP) is 4.22. The van der Waals surface area contributed by atoms with Gasteiger partial charge in [-0.1, -0.05) is 18.2 Å². The van der Waals surface area contributed by atoms with Crippen LogP contribution in [0.5, 0.6) is 0 Å². The van der Waals surface area contributed by atoms with Crippen LogP contribution in [0.4, 0.5) is 18.9 Å². The van der Waals surface area contributed by atoms with Gasteiger partial charge in [-0.15, -0.1) is 0 Å². The summed E-state index contributed by atoms with van der Waals surface area (Å²) in [5.74, 6) is -0.568. The minimum atomic E-state index is -4.49. The molecular weight excluding hydrogens is 363 g/mol. The van der Waals surface area contributed by atoms with Gasteiger partial charge in [0.15, 0.2) is 0 Å². The van der Waals surface area contributed by atoms with Crippen LogP contribution in [0.25, 0.3) is 0 Å². The van der Waals surface area contributed by atoms with Crippen LogP contribution in [-0.4, -0.2) is 29.5 Å². The van der Waals surface area contributed by atoms with E-state index >= 15 is 0 Å². The van der Waals surface area contributed by atoms with Crippen LogP contribution >= 0.6 is 11.8 Å². The molecule has 1 fully saturated rings. The number of hydrogen-bond donors (Lipinski definition) is 1. The fourth-order valence-electron chi connectivity index (χ4n) is 2.95. The number of halogens is 3. The van der Waals surface area contributed by atoms with Gasteiger partial charge in [0, 0.05) is 43.3 Å². The summed E-state index contributed by atoms with van der Waals surface area (Å²) in [7, 11) is 0. The number of benzene rings is 1. The average Bonchev–Trinajstić information content (AvgIpc) is 3.13. The number of carbonyl (C=O) groups is 1. The Kier molecular flexibility index (Phi) is 5.70. The molecule has 0 saturated carbocycles. The first kappa shape index (κ1) is 18.6. The largest absolute Gasteiger partial charge is 0.447 e. The molecular formula is C18H18F3N3OS. The zero-order chi connectivity index (χ0) is 18.6. The first-order chi connectivity index (χ1) is 12.4. The number of thioether (sulfide) groups is 1. The number of para-hydroxylation sites is 1. The van der Waals surface area contributed by atoms with Gasteiger partial charge < -0.3 is 10.2 Å². The third-order valence-electron chi connectivity index (χ3n) is 4.11. The van der Waals surface area contributed by atoms with Crippen LogP contribution in [0, 0.1) is 0 Å². The molecule has 3 rings (SSSR count). The van der Waals surface area contributed by atoms with E-state index in [1.165, 1.54) is 18.3 Å². The average molecular weight is 381 g/mol. The van der Waals surface area contributed by atoms with Crippen molar-refractivity contribution in [1.82, 2.24) is 10.3 Å². The van der Waals surface area contributed by atoms with Gasteiger partial charge >= 0.3 is 5.51 Å². The van der Waals surface area contributed by atoms with E-state index in [-0.39, 0.29) is 28.9 Å². The second kappa shape index (κ2) is 7.99. The quantitative estimate of drug-likeness (QED) is 0.788. The lowest BCUT2D eigenvalue weighted by molar-refractivity contribution is -0.0329. The molecule has 1 N–H and O–H groups in total. The van der Waals surface area contributed by atoms with Gasteiger partial charge in [-0.2, -0.15) is 13.2 Å². The summed E-state index contributed by atoms with van der Waals surface area (Å²) in [5, 5.41) is 2.38. The SMILES string of the molecule is O=C(NCc1ccccc1N1CCCC1)c1cccnc1SC(F)(F)F. The van der Waals surface area contributed by atoms with Crippen LogP contribution in [0.3, 0.4) is 0 Å². The first-order valence-electron chi connectivity index (χ1n) is 8.26. The minimum absolute atomic E-state index is 0.0755. The lowest BCUT2D eigenvalue weighted by atomic mass is 10.1. The summed E-state index contributed by atoms with van der Waals surface area (Å²) in [5.41, 5.74) is -2.57. The lowest BCUT2D eigenvalue weighted by Gasteiger charge is -2.21. The van der Waals surface area contributed by atoms with Crippen LogP contribution in [-0.2, 0) is 6.54 Å². The van der Waals surface area contributed by atoms with Crippen LogP contribution < -0.4 is 10.2 Å². The topological polar surface area (TPSA) is 45.2 Å². The molecule has 0 radical (unpaired) electrons. The van der Waals surface area contributed by atoms with Crippen molar-refractivity contribution >= 4 is 23.4 Å². The Hall–Kier alpha value is -2.22. The Labute approximate surface area is 153 Å². The number of nitrogens with zero attached hydrogens (tertiary/aromatic N) is 2. The highest BCUT2D eigenvalue weighted by molar-refractivity contribution is 8.00. The number of anilines is 1. The van der Waals surface area contributed by atoms with Crippen LogP contribution in [0.2, 0.25) is 0 Å². The van der Waals surface area contributed by atoms with Crippen molar-refractivity contribution in [1.29, 1.82) is 0 Å². The summed E-state index contributed by atoms with van der Waals surface area (Å²) in [4.78, 5) is 18.4. The number of hydrogen-bond acceptors (Lipinski definition) is 4. The number of pyridine rings is 1. The molecule has 1 aromatic heterocycles. The Morgan fingerprint density at radius 2 is 1.88 bits per heavy atom. The molecule has 1 amide bonds. The number of nitrogens with one attached hydrogen (secondary N) is 1. The summed E-state index contributed by atoms with van der Waals surface area (Å²) >= 11 is -0.379. The molecule has 0 unspecified atom stereocenters. The Morgan fingerprint density at radius 3 is 2.62 bits per heavy atom. The molecule has 1 saturated heterocycles. The zero-order valence-electron chi connectivity index (χ0n) is 13.9. The van der Waals surface area contributed by atoms with Crippen molar-refractivity contribution in [3.8, 4) is 0 Å². The molecule has 0 bridgehead atoms. The van der Waals surface area contributed by atoms with Gasteiger partial charge in [-0.3, -0.25) is 4.79 Å². The lowest BCUT2D eigenvalue weighted by Crippen LogP contribution is -2.26. The van der Waals surface area contributed by atoms with E-state index < -0.39 is 11.4 Å². The molecule has 138 valence electrons. The third-order valence-corrected chi connectivity index (χ3v) is 4.86. The number of alkyl halides is 3. The molecule has 2 aromatic rings. The molecule has 0 aliphatic carbocycles. The predicted molar refractivity (Wildman–Crippen MR) is 95.2 cm³/mol. The van der Waals surface area contributed by atoms with Gasteiger partial charge in [0.05, 0.1) is 5.56 Å². The summed E-state index contributed by atoms with van der Waals surface area (Å²) in [6.45, 7) is 2.19. The number of aromatic nitrogens is 1. The maximum atomic E-state index is 12.6. The smallest absolute Gasteiger partial charge is 0.371 e. The molecule has 1 aliphatic heterocycles. The number of rotatable bonds is 5. The highest BCUT2D eigenvalue weighted by atomic mass is 32.2. The molecule has 0 atom stereocenters. The fourth-order valence-corrected chi connectivity index (χ4v) is 3.56. The van der Waals surface area contributed by atoms with E-state index in [2.05, 4.69) is 15.2 Å². The Bertz CT molecular complexity index is 776.